The highest BCUT2D eigenvalue weighted by Gasteiger charge is 2.34. The molecule has 0 fully saturated rings. The fourth-order valence-corrected chi connectivity index (χ4v) is 5.35. The molecule has 4 aromatic rings. The first-order chi connectivity index (χ1) is 21.5. The molecule has 12 heteroatoms. The maximum atomic E-state index is 13.8. The monoisotopic (exact) mass is 614 g/mol. The van der Waals surface area contributed by atoms with Crippen molar-refractivity contribution in [2.45, 2.75) is 39.8 Å². The van der Waals surface area contributed by atoms with Gasteiger partial charge in [0.05, 0.1) is 30.4 Å². The topological polar surface area (TPSA) is 149 Å². The number of aliphatic hydroxyl groups excluding tert-OH is 1. The summed E-state index contributed by atoms with van der Waals surface area (Å²) in [6.45, 7) is 7.43. The number of carbonyl (C=O) groups is 3. The van der Waals surface area contributed by atoms with Crippen LogP contribution in [0.3, 0.4) is 0 Å². The number of nitrogens with zero attached hydrogens (tertiary/aromatic N) is 3. The van der Waals surface area contributed by atoms with Gasteiger partial charge in [-0.1, -0.05) is 48.5 Å². The highest BCUT2D eigenvalue weighted by Crippen LogP contribution is 2.31. The highest BCUT2D eigenvalue weighted by atomic mass is 16.5. The third-order valence-corrected chi connectivity index (χ3v) is 8.03. The summed E-state index contributed by atoms with van der Waals surface area (Å²) in [6, 6.07) is 16.9. The molecule has 3 atom stereocenters. The molecule has 236 valence electrons. The highest BCUT2D eigenvalue weighted by molar-refractivity contribution is 6.07. The Morgan fingerprint density at radius 1 is 1.09 bits per heavy atom. The van der Waals surface area contributed by atoms with Gasteiger partial charge >= 0.3 is 12.1 Å². The van der Waals surface area contributed by atoms with E-state index in [1.54, 1.807) is 50.9 Å². The number of benzene rings is 3. The van der Waals surface area contributed by atoms with E-state index in [4.69, 9.17) is 9.26 Å². The lowest BCUT2D eigenvalue weighted by Crippen LogP contribution is -2.50. The standard InChI is InChI=1S/C33H38N6O6/c1-19-16-39(20(2)18-40)31(41)26-15-24(34-32(42)35-27-12-8-10-23-9-6-7-11-25(23)27)13-14-28(26)44-29(19)17-38(5)33(43)36-30-21(3)37-45-22(30)4/h6-15,19-20,29,40H,16-18H2,1-5H3,(H,36,43)(H2,34,35,42)/t19-,20+,29+/m1/s1. The summed E-state index contributed by atoms with van der Waals surface area (Å²) < 4.78 is 11.5. The van der Waals surface area contributed by atoms with E-state index < -0.39 is 18.2 Å². The smallest absolute Gasteiger partial charge is 0.323 e. The van der Waals surface area contributed by atoms with Gasteiger partial charge in [0.1, 0.15) is 23.2 Å². The number of aromatic nitrogens is 1. The third kappa shape index (κ3) is 6.86. The van der Waals surface area contributed by atoms with Crippen molar-refractivity contribution in [3.63, 3.8) is 0 Å². The van der Waals surface area contributed by atoms with Gasteiger partial charge in [-0.05, 0) is 50.4 Å². The first-order valence-corrected chi connectivity index (χ1v) is 14.8. The molecular weight excluding hydrogens is 576 g/mol. The summed E-state index contributed by atoms with van der Waals surface area (Å²) >= 11 is 0. The molecule has 0 unspecified atom stereocenters. The molecule has 4 N–H and O–H groups in total. The van der Waals surface area contributed by atoms with Crippen LogP contribution in [0.4, 0.5) is 26.7 Å². The van der Waals surface area contributed by atoms with Crippen LogP contribution in [-0.2, 0) is 0 Å². The van der Waals surface area contributed by atoms with Crippen molar-refractivity contribution in [3.8, 4) is 5.75 Å². The molecule has 1 aliphatic rings. The molecule has 0 bridgehead atoms. The Labute approximate surface area is 261 Å². The molecule has 3 aromatic carbocycles. The largest absolute Gasteiger partial charge is 0.487 e. The quantitative estimate of drug-likeness (QED) is 0.216. The van der Waals surface area contributed by atoms with Crippen LogP contribution in [0.5, 0.6) is 5.75 Å². The molecule has 0 spiro atoms. The molecule has 5 amide bonds. The van der Waals surface area contributed by atoms with Gasteiger partial charge in [-0.3, -0.25) is 4.79 Å². The second-order valence-electron chi connectivity index (χ2n) is 11.4. The maximum Gasteiger partial charge on any atom is 0.323 e. The van der Waals surface area contributed by atoms with Gasteiger partial charge in [-0.25, -0.2) is 9.59 Å². The van der Waals surface area contributed by atoms with Crippen LogP contribution in [0.2, 0.25) is 0 Å². The van der Waals surface area contributed by atoms with Crippen LogP contribution in [0.1, 0.15) is 35.7 Å². The minimum Gasteiger partial charge on any atom is -0.487 e. The van der Waals surface area contributed by atoms with Gasteiger partial charge in [-0.2, -0.15) is 0 Å². The number of likely N-dealkylation sites (N-methyl/N-ethyl adjacent to an activating group) is 1. The van der Waals surface area contributed by atoms with Gasteiger partial charge in [0.15, 0.2) is 5.76 Å². The summed E-state index contributed by atoms with van der Waals surface area (Å²) in [5, 5.41) is 24.3. The minimum absolute atomic E-state index is 0.199. The molecule has 0 saturated heterocycles. The SMILES string of the molecule is Cc1noc(C)c1NC(=O)N(C)C[C@@H]1Oc2ccc(NC(=O)Nc3cccc4ccccc34)cc2C(=O)N([C@@H](C)CO)C[C@H]1C. The molecule has 12 nitrogen and oxygen atoms in total. The zero-order valence-electron chi connectivity index (χ0n) is 26.0. The average molecular weight is 615 g/mol. The van der Waals surface area contributed by atoms with Crippen molar-refractivity contribution < 1.29 is 28.8 Å². The number of ether oxygens (including phenoxy) is 1. The third-order valence-electron chi connectivity index (χ3n) is 8.03. The van der Waals surface area contributed by atoms with Gasteiger partial charge in [0, 0.05) is 30.6 Å². The van der Waals surface area contributed by atoms with E-state index >= 15 is 0 Å². The summed E-state index contributed by atoms with van der Waals surface area (Å²) in [5.74, 6) is 0.279. The molecule has 0 radical (unpaired) electrons. The lowest BCUT2D eigenvalue weighted by Gasteiger charge is -2.38. The number of anilines is 3. The fraction of sp³-hybridized carbons (Fsp3) is 0.333. The molecule has 5 rings (SSSR count). The summed E-state index contributed by atoms with van der Waals surface area (Å²) in [6.07, 6.45) is -0.501. The molecule has 1 aliphatic heterocycles. The van der Waals surface area contributed by atoms with Crippen LogP contribution in [0, 0.1) is 19.8 Å². The number of fused-ring (bicyclic) bond motifs is 2. The van der Waals surface area contributed by atoms with Crippen LogP contribution < -0.4 is 20.7 Å². The number of aryl methyl sites for hydroxylation is 2. The number of carbonyl (C=O) groups excluding carboxylic acids is 3. The molecular formula is C33H38N6O6. The zero-order chi connectivity index (χ0) is 32.2. The van der Waals surface area contributed by atoms with E-state index in [-0.39, 0.29) is 43.1 Å². The Bertz CT molecular complexity index is 1700. The number of hydrogen-bond acceptors (Lipinski definition) is 7. The number of aliphatic hydroxyl groups is 1. The fourth-order valence-electron chi connectivity index (χ4n) is 5.35. The van der Waals surface area contributed by atoms with Crippen molar-refractivity contribution in [2.24, 2.45) is 5.92 Å². The minimum atomic E-state index is -0.501. The van der Waals surface area contributed by atoms with E-state index in [0.29, 0.717) is 34.3 Å². The number of urea groups is 2. The van der Waals surface area contributed by atoms with E-state index in [1.807, 2.05) is 49.4 Å². The number of rotatable bonds is 7. The van der Waals surface area contributed by atoms with Gasteiger partial charge in [-0.15, -0.1) is 0 Å². The van der Waals surface area contributed by atoms with Gasteiger partial charge in [0.25, 0.3) is 5.91 Å². The molecule has 45 heavy (non-hydrogen) atoms. The molecule has 0 aliphatic carbocycles. The summed E-state index contributed by atoms with van der Waals surface area (Å²) in [5.41, 5.74) is 2.36. The number of hydrogen-bond donors (Lipinski definition) is 4. The number of amides is 5. The van der Waals surface area contributed by atoms with Gasteiger partial charge < -0.3 is 40.1 Å². The normalized spacial score (nSPS) is 17.0. The number of nitrogens with one attached hydrogen (secondary N) is 3. The van der Waals surface area contributed by atoms with Gasteiger partial charge in [0.2, 0.25) is 0 Å². The van der Waals surface area contributed by atoms with Crippen LogP contribution in [0.25, 0.3) is 10.8 Å². The Morgan fingerprint density at radius 2 is 1.84 bits per heavy atom. The van der Waals surface area contributed by atoms with E-state index in [9.17, 15) is 19.5 Å². The van der Waals surface area contributed by atoms with Crippen molar-refractivity contribution in [1.29, 1.82) is 0 Å². The van der Waals surface area contributed by atoms with E-state index in [0.717, 1.165) is 10.8 Å². The lowest BCUT2D eigenvalue weighted by molar-refractivity contribution is 0.0371. The predicted molar refractivity (Wildman–Crippen MR) is 172 cm³/mol. The van der Waals surface area contributed by atoms with Crippen LogP contribution >= 0.6 is 0 Å². The predicted octanol–water partition coefficient (Wildman–Crippen LogP) is 5.47. The Morgan fingerprint density at radius 3 is 2.58 bits per heavy atom. The Balaban J connectivity index is 1.37. The zero-order valence-corrected chi connectivity index (χ0v) is 26.0. The van der Waals surface area contributed by atoms with Crippen molar-refractivity contribution in [3.05, 3.63) is 77.7 Å². The van der Waals surface area contributed by atoms with Crippen molar-refractivity contribution in [1.82, 2.24) is 15.0 Å². The molecule has 0 saturated carbocycles. The lowest BCUT2D eigenvalue weighted by atomic mass is 9.99. The first kappa shape index (κ1) is 31.3. The van der Waals surface area contributed by atoms with E-state index in [2.05, 4.69) is 21.1 Å². The van der Waals surface area contributed by atoms with Crippen LogP contribution in [0.15, 0.2) is 65.2 Å². The van der Waals surface area contributed by atoms with Crippen molar-refractivity contribution in [2.75, 3.05) is 42.7 Å². The van der Waals surface area contributed by atoms with Crippen LogP contribution in [-0.4, -0.2) is 76.9 Å². The average Bonchev–Trinajstić information content (AvgIpc) is 3.34. The van der Waals surface area contributed by atoms with E-state index in [1.165, 1.54) is 4.90 Å². The molecule has 1 aromatic heterocycles. The second-order valence-corrected chi connectivity index (χ2v) is 11.4. The van der Waals surface area contributed by atoms with Crippen molar-refractivity contribution >= 4 is 45.8 Å². The Hall–Kier alpha value is -5.10. The summed E-state index contributed by atoms with van der Waals surface area (Å²) in [4.78, 5) is 43.0. The summed E-state index contributed by atoms with van der Waals surface area (Å²) in [7, 11) is 1.66. The first-order valence-electron chi connectivity index (χ1n) is 14.8. The maximum absolute atomic E-state index is 13.8. The second kappa shape index (κ2) is 13.3. The molecule has 2 heterocycles. The Kier molecular flexibility index (Phi) is 9.24.